The van der Waals surface area contributed by atoms with Crippen LogP contribution in [-0.2, 0) is 4.79 Å². The predicted molar refractivity (Wildman–Crippen MR) is 121 cm³/mol. The molecule has 0 saturated heterocycles. The Morgan fingerprint density at radius 2 is 2.07 bits per heavy atom. The predicted octanol–water partition coefficient (Wildman–Crippen LogP) is 6.33. The van der Waals surface area contributed by atoms with E-state index in [0.717, 1.165) is 31.5 Å². The van der Waals surface area contributed by atoms with Gasteiger partial charge in [0.05, 0.1) is 15.9 Å². The van der Waals surface area contributed by atoms with Gasteiger partial charge in [0, 0.05) is 32.4 Å². The molecule has 0 bridgehead atoms. The molecule has 0 unspecified atom stereocenters. The summed E-state index contributed by atoms with van der Waals surface area (Å²) in [5.41, 5.74) is 3.53. The van der Waals surface area contributed by atoms with E-state index in [0.29, 0.717) is 27.4 Å². The van der Waals surface area contributed by atoms with Gasteiger partial charge in [-0.2, -0.15) is 9.78 Å². The number of carbonyl (C=O) groups is 1. The first-order valence-corrected chi connectivity index (χ1v) is 11.2. The van der Waals surface area contributed by atoms with Crippen LogP contribution in [0.4, 0.5) is 5.82 Å². The Balaban J connectivity index is 1.68. The van der Waals surface area contributed by atoms with Crippen LogP contribution >= 0.6 is 50.5 Å². The van der Waals surface area contributed by atoms with Crippen molar-refractivity contribution in [3.8, 4) is 5.13 Å². The summed E-state index contributed by atoms with van der Waals surface area (Å²) >= 11 is 17.5. The van der Waals surface area contributed by atoms with Crippen molar-refractivity contribution in [1.82, 2.24) is 14.8 Å². The molecule has 1 aliphatic heterocycles. The zero-order valence-electron chi connectivity index (χ0n) is 15.0. The molecule has 1 N–H and O–H groups in total. The number of carbonyl (C=O) groups excluding carboxylic acids is 1. The molecule has 1 atom stereocenters. The van der Waals surface area contributed by atoms with Crippen LogP contribution in [0.5, 0.6) is 0 Å². The van der Waals surface area contributed by atoms with Crippen molar-refractivity contribution in [2.75, 3.05) is 5.32 Å². The Morgan fingerprint density at radius 3 is 2.86 bits per heavy atom. The molecule has 5 rings (SSSR count). The van der Waals surface area contributed by atoms with E-state index in [1.807, 2.05) is 31.2 Å². The quantitative estimate of drug-likeness (QED) is 0.344. The summed E-state index contributed by atoms with van der Waals surface area (Å²) in [6, 6.07) is 11.3. The zero-order chi connectivity index (χ0) is 20.3. The van der Waals surface area contributed by atoms with E-state index in [9.17, 15) is 4.79 Å². The molecule has 2 aromatic heterocycles. The Morgan fingerprint density at radius 1 is 1.24 bits per heavy atom. The first kappa shape index (κ1) is 19.1. The first-order valence-electron chi connectivity index (χ1n) is 8.81. The van der Waals surface area contributed by atoms with Gasteiger partial charge < -0.3 is 5.32 Å². The number of halogens is 3. The molecule has 3 heterocycles. The Bertz CT molecular complexity index is 1300. The largest absolute Gasteiger partial charge is 0.310 e. The molecule has 0 fully saturated rings. The molecule has 2 aromatic carbocycles. The van der Waals surface area contributed by atoms with E-state index in [2.05, 4.69) is 21.2 Å². The van der Waals surface area contributed by atoms with Crippen molar-refractivity contribution in [1.29, 1.82) is 0 Å². The number of aryl methyl sites for hydroxylation is 1. The van der Waals surface area contributed by atoms with Gasteiger partial charge in [-0.3, -0.25) is 4.79 Å². The number of thiazole rings is 1. The van der Waals surface area contributed by atoms with Gasteiger partial charge in [0.1, 0.15) is 5.82 Å². The summed E-state index contributed by atoms with van der Waals surface area (Å²) in [5.74, 6) is 0.368. The molecule has 1 amide bonds. The minimum atomic E-state index is -0.194. The highest BCUT2D eigenvalue weighted by Crippen LogP contribution is 2.43. The molecule has 1 aliphatic rings. The van der Waals surface area contributed by atoms with Crippen LogP contribution < -0.4 is 5.32 Å². The third-order valence-electron chi connectivity index (χ3n) is 4.96. The first-order chi connectivity index (χ1) is 13.9. The summed E-state index contributed by atoms with van der Waals surface area (Å²) in [4.78, 5) is 17.3. The van der Waals surface area contributed by atoms with Gasteiger partial charge >= 0.3 is 0 Å². The monoisotopic (exact) mass is 506 g/mol. The smallest absolute Gasteiger partial charge is 0.226 e. The van der Waals surface area contributed by atoms with Crippen LogP contribution in [0, 0.1) is 6.92 Å². The van der Waals surface area contributed by atoms with E-state index < -0.39 is 0 Å². The zero-order valence-corrected chi connectivity index (χ0v) is 19.0. The summed E-state index contributed by atoms with van der Waals surface area (Å²) in [6.45, 7) is 1.94. The van der Waals surface area contributed by atoms with Gasteiger partial charge in [-0.15, -0.1) is 0 Å². The number of amides is 1. The van der Waals surface area contributed by atoms with Crippen molar-refractivity contribution in [3.05, 3.63) is 67.7 Å². The van der Waals surface area contributed by atoms with Gasteiger partial charge in [0.15, 0.2) is 0 Å². The number of hydrogen-bond acceptors (Lipinski definition) is 4. The summed E-state index contributed by atoms with van der Waals surface area (Å²) < 4.78 is 3.75. The molecule has 146 valence electrons. The fourth-order valence-electron chi connectivity index (χ4n) is 3.71. The van der Waals surface area contributed by atoms with Crippen LogP contribution in [0.25, 0.3) is 15.3 Å². The van der Waals surface area contributed by atoms with Crippen molar-refractivity contribution in [2.24, 2.45) is 0 Å². The van der Waals surface area contributed by atoms with E-state index in [1.165, 1.54) is 11.3 Å². The number of fused-ring (bicyclic) bond motifs is 2. The molecule has 0 radical (unpaired) electrons. The van der Waals surface area contributed by atoms with Crippen molar-refractivity contribution >= 4 is 72.4 Å². The maximum atomic E-state index is 12.6. The fourth-order valence-corrected chi connectivity index (χ4v) is 5.73. The minimum absolute atomic E-state index is 0.0847. The van der Waals surface area contributed by atoms with Gasteiger partial charge in [0.2, 0.25) is 11.0 Å². The van der Waals surface area contributed by atoms with E-state index >= 15 is 0 Å². The van der Waals surface area contributed by atoms with E-state index in [1.54, 1.807) is 16.8 Å². The van der Waals surface area contributed by atoms with Crippen molar-refractivity contribution in [2.45, 2.75) is 19.3 Å². The lowest BCUT2D eigenvalue weighted by molar-refractivity contribution is -0.116. The highest BCUT2D eigenvalue weighted by molar-refractivity contribution is 9.10. The molecule has 29 heavy (non-hydrogen) atoms. The average Bonchev–Trinajstić information content (AvgIpc) is 3.21. The Kier molecular flexibility index (Phi) is 4.66. The highest BCUT2D eigenvalue weighted by Gasteiger charge is 2.34. The van der Waals surface area contributed by atoms with Crippen LogP contribution in [0.3, 0.4) is 0 Å². The second-order valence-corrected chi connectivity index (χ2v) is 9.61. The summed E-state index contributed by atoms with van der Waals surface area (Å²) in [5, 5.41) is 9.49. The van der Waals surface area contributed by atoms with Gasteiger partial charge in [-0.1, -0.05) is 56.5 Å². The molecule has 0 saturated carbocycles. The molecule has 5 nitrogen and oxygen atoms in total. The Labute approximate surface area is 188 Å². The lowest BCUT2D eigenvalue weighted by atomic mass is 9.86. The highest BCUT2D eigenvalue weighted by atomic mass is 79.9. The number of nitrogens with zero attached hydrogens (tertiary/aromatic N) is 3. The minimum Gasteiger partial charge on any atom is -0.310 e. The SMILES string of the molecule is Cc1nn(-c2nc3ccc(Br)cc3s2)c2c1[C@H](c1ccc(Cl)cc1Cl)CC(=O)N2. The molecular formula is C20H13BrCl2N4OS. The topological polar surface area (TPSA) is 59.8 Å². The van der Waals surface area contributed by atoms with Gasteiger partial charge in [-0.05, 0) is 42.8 Å². The van der Waals surface area contributed by atoms with Crippen LogP contribution in [0.15, 0.2) is 40.9 Å². The van der Waals surface area contributed by atoms with Crippen molar-refractivity contribution < 1.29 is 4.79 Å². The third kappa shape index (κ3) is 3.26. The number of nitrogens with one attached hydrogen (secondary N) is 1. The van der Waals surface area contributed by atoms with Crippen LogP contribution in [0.2, 0.25) is 10.0 Å². The maximum Gasteiger partial charge on any atom is 0.226 e. The molecule has 9 heteroatoms. The number of benzene rings is 2. The number of aromatic nitrogens is 3. The number of anilines is 1. The van der Waals surface area contributed by atoms with Gasteiger partial charge in [-0.25, -0.2) is 4.98 Å². The second-order valence-electron chi connectivity index (χ2n) is 6.84. The normalized spacial score (nSPS) is 16.1. The molecule has 0 spiro atoms. The average molecular weight is 508 g/mol. The van der Waals surface area contributed by atoms with Crippen LogP contribution in [-0.4, -0.2) is 20.7 Å². The summed E-state index contributed by atoms with van der Waals surface area (Å²) in [6.07, 6.45) is 0.299. The second kappa shape index (κ2) is 7.09. The third-order valence-corrected chi connectivity index (χ3v) is 7.01. The number of hydrogen-bond donors (Lipinski definition) is 1. The lowest BCUT2D eigenvalue weighted by Crippen LogP contribution is -2.25. The molecule has 0 aliphatic carbocycles. The Hall–Kier alpha value is -1.93. The van der Waals surface area contributed by atoms with E-state index in [4.69, 9.17) is 33.3 Å². The fraction of sp³-hybridized carbons (Fsp3) is 0.150. The van der Waals surface area contributed by atoms with Crippen LogP contribution in [0.1, 0.15) is 29.2 Å². The number of rotatable bonds is 2. The van der Waals surface area contributed by atoms with Crippen molar-refractivity contribution in [3.63, 3.8) is 0 Å². The van der Waals surface area contributed by atoms with Gasteiger partial charge in [0.25, 0.3) is 0 Å². The summed E-state index contributed by atoms with van der Waals surface area (Å²) in [7, 11) is 0. The molecule has 4 aromatic rings. The standard InChI is InChI=1S/C20H13BrCl2N4OS/c1-9-18-13(12-4-3-11(22)7-14(12)23)8-17(28)25-19(18)27(26-9)20-24-15-5-2-10(21)6-16(15)29-20/h2-7,13H,8H2,1H3,(H,25,28)/t13-/m0/s1. The maximum absolute atomic E-state index is 12.6. The van der Waals surface area contributed by atoms with E-state index in [-0.39, 0.29) is 11.8 Å². The lowest BCUT2D eigenvalue weighted by Gasteiger charge is -2.24. The molecular weight excluding hydrogens is 495 g/mol.